The molecule has 0 radical (unpaired) electrons. The maximum absolute atomic E-state index is 11.5. The molecule has 1 unspecified atom stereocenters. The molecule has 0 aliphatic carbocycles. The molecule has 1 aromatic rings. The first-order chi connectivity index (χ1) is 12.9. The first-order valence-electron chi connectivity index (χ1n) is 9.82. The summed E-state index contributed by atoms with van der Waals surface area (Å²) in [7, 11) is -3.69. The van der Waals surface area contributed by atoms with Crippen molar-refractivity contribution in [1.29, 1.82) is 0 Å². The van der Waals surface area contributed by atoms with Crippen LogP contribution in [-0.4, -0.2) is 51.5 Å². The zero-order valence-corrected chi connectivity index (χ0v) is 17.3. The van der Waals surface area contributed by atoms with Crippen LogP contribution >= 0.6 is 0 Å². The average Bonchev–Trinajstić information content (AvgIpc) is 2.66. The van der Waals surface area contributed by atoms with Crippen LogP contribution in [0.1, 0.15) is 45.1 Å². The van der Waals surface area contributed by atoms with Crippen molar-refractivity contribution in [3.8, 4) is 0 Å². The fourth-order valence-electron chi connectivity index (χ4n) is 3.47. The van der Waals surface area contributed by atoms with E-state index in [9.17, 15) is 8.42 Å². The molecule has 2 rings (SSSR count). The summed E-state index contributed by atoms with van der Waals surface area (Å²) in [6, 6.07) is 7.30. The van der Waals surface area contributed by atoms with Crippen LogP contribution in [0.2, 0.25) is 0 Å². The van der Waals surface area contributed by atoms with Crippen molar-refractivity contribution < 1.29 is 8.42 Å². The lowest BCUT2D eigenvalue weighted by molar-refractivity contribution is 0.147. The number of benzene rings is 1. The molecular weight excluding hydrogens is 362 g/mol. The number of nitrogens with zero attached hydrogens (tertiary/aromatic N) is 2. The molecular formula is C19H33N5O2S. The van der Waals surface area contributed by atoms with E-state index in [1.807, 2.05) is 13.0 Å². The molecule has 1 heterocycles. The van der Waals surface area contributed by atoms with Crippen LogP contribution in [0, 0.1) is 0 Å². The number of aliphatic imine (C=N–C) groups is 1. The molecule has 0 bridgehead atoms. The zero-order chi connectivity index (χ0) is 19.7. The Bertz CT molecular complexity index is 721. The van der Waals surface area contributed by atoms with E-state index in [0.29, 0.717) is 12.6 Å². The highest BCUT2D eigenvalue weighted by Gasteiger charge is 2.19. The second kappa shape index (κ2) is 10.6. The molecule has 0 amide bonds. The highest BCUT2D eigenvalue weighted by atomic mass is 32.2. The lowest BCUT2D eigenvalue weighted by Gasteiger charge is -2.35. The highest BCUT2D eigenvalue weighted by molar-refractivity contribution is 7.89. The predicted octanol–water partition coefficient (Wildman–Crippen LogP) is 1.65. The summed E-state index contributed by atoms with van der Waals surface area (Å²) in [5.74, 6) is 0.739. The van der Waals surface area contributed by atoms with E-state index >= 15 is 0 Å². The maximum atomic E-state index is 11.5. The van der Waals surface area contributed by atoms with Crippen LogP contribution in [0.5, 0.6) is 0 Å². The number of sulfonamides is 1. The smallest absolute Gasteiger partial charge is 0.238 e. The van der Waals surface area contributed by atoms with E-state index in [2.05, 4.69) is 27.4 Å². The Hall–Kier alpha value is -1.64. The fraction of sp³-hybridized carbons (Fsp3) is 0.632. The van der Waals surface area contributed by atoms with Gasteiger partial charge in [0.1, 0.15) is 0 Å². The Morgan fingerprint density at radius 3 is 2.81 bits per heavy atom. The molecule has 1 aliphatic rings. The van der Waals surface area contributed by atoms with Gasteiger partial charge in [0.25, 0.3) is 0 Å². The van der Waals surface area contributed by atoms with Crippen LogP contribution in [0.3, 0.4) is 0 Å². The van der Waals surface area contributed by atoms with E-state index < -0.39 is 10.0 Å². The first-order valence-corrected chi connectivity index (χ1v) is 11.4. The van der Waals surface area contributed by atoms with Gasteiger partial charge < -0.3 is 10.6 Å². The van der Waals surface area contributed by atoms with E-state index in [4.69, 9.17) is 5.14 Å². The van der Waals surface area contributed by atoms with Crippen LogP contribution in [-0.2, 0) is 16.6 Å². The summed E-state index contributed by atoms with van der Waals surface area (Å²) in [5.41, 5.74) is 0.806. The van der Waals surface area contributed by atoms with Crippen molar-refractivity contribution in [1.82, 2.24) is 15.5 Å². The summed E-state index contributed by atoms with van der Waals surface area (Å²) >= 11 is 0. The Labute approximate surface area is 163 Å². The van der Waals surface area contributed by atoms with Gasteiger partial charge in [-0.3, -0.25) is 4.90 Å². The molecule has 0 spiro atoms. The number of primary sulfonamides is 1. The van der Waals surface area contributed by atoms with Crippen LogP contribution < -0.4 is 15.8 Å². The van der Waals surface area contributed by atoms with Gasteiger partial charge in [-0.25, -0.2) is 18.5 Å². The van der Waals surface area contributed by atoms with Crippen molar-refractivity contribution in [2.24, 2.45) is 10.1 Å². The highest BCUT2D eigenvalue weighted by Crippen LogP contribution is 2.18. The second-order valence-corrected chi connectivity index (χ2v) is 8.47. The molecule has 1 aliphatic heterocycles. The fourth-order valence-corrected chi connectivity index (χ4v) is 4.05. The number of hydrogen-bond acceptors (Lipinski definition) is 4. The summed E-state index contributed by atoms with van der Waals surface area (Å²) in [6.07, 6.45) is 5.12. The average molecular weight is 396 g/mol. The summed E-state index contributed by atoms with van der Waals surface area (Å²) in [6.45, 7) is 8.45. The minimum absolute atomic E-state index is 0.115. The van der Waals surface area contributed by atoms with Gasteiger partial charge in [-0.05, 0) is 50.4 Å². The Balaban J connectivity index is 1.92. The molecule has 7 nitrogen and oxygen atoms in total. The quantitative estimate of drug-likeness (QED) is 0.459. The standard InChI is InChI=1S/C19H33N5O2S/c1-3-17-9-5-6-12-24(17)13-11-22-19(21-4-2)23-15-16-8-7-10-18(14-16)27(20,25)26/h7-8,10,14,17H,3-6,9,11-13,15H2,1-2H3,(H2,20,25,26)(H2,21,22,23). The summed E-state index contributed by atoms with van der Waals surface area (Å²) < 4.78 is 23.0. The summed E-state index contributed by atoms with van der Waals surface area (Å²) in [5, 5.41) is 11.8. The van der Waals surface area contributed by atoms with Crippen molar-refractivity contribution >= 4 is 16.0 Å². The van der Waals surface area contributed by atoms with Gasteiger partial charge in [0, 0.05) is 25.7 Å². The maximum Gasteiger partial charge on any atom is 0.238 e. The van der Waals surface area contributed by atoms with Crippen LogP contribution in [0.15, 0.2) is 34.2 Å². The monoisotopic (exact) mass is 395 g/mol. The molecule has 27 heavy (non-hydrogen) atoms. The van der Waals surface area contributed by atoms with Gasteiger partial charge in [-0.15, -0.1) is 0 Å². The number of nitrogens with two attached hydrogens (primary N) is 1. The van der Waals surface area contributed by atoms with Gasteiger partial charge in [0.2, 0.25) is 10.0 Å². The van der Waals surface area contributed by atoms with E-state index in [-0.39, 0.29) is 4.90 Å². The van der Waals surface area contributed by atoms with E-state index in [1.54, 1.807) is 12.1 Å². The van der Waals surface area contributed by atoms with Gasteiger partial charge in [0.15, 0.2) is 5.96 Å². The first kappa shape index (κ1) is 21.7. The van der Waals surface area contributed by atoms with Gasteiger partial charge in [0.05, 0.1) is 11.4 Å². The lowest BCUT2D eigenvalue weighted by Crippen LogP contribution is -2.45. The number of guanidine groups is 1. The van der Waals surface area contributed by atoms with Crippen molar-refractivity contribution in [2.45, 2.75) is 57.0 Å². The van der Waals surface area contributed by atoms with Gasteiger partial charge >= 0.3 is 0 Å². The van der Waals surface area contributed by atoms with Gasteiger partial charge in [-0.2, -0.15) is 0 Å². The van der Waals surface area contributed by atoms with Gasteiger partial charge in [-0.1, -0.05) is 25.5 Å². The van der Waals surface area contributed by atoms with Crippen molar-refractivity contribution in [2.75, 3.05) is 26.2 Å². The van der Waals surface area contributed by atoms with E-state index in [0.717, 1.165) is 31.2 Å². The largest absolute Gasteiger partial charge is 0.357 e. The van der Waals surface area contributed by atoms with Crippen molar-refractivity contribution in [3.63, 3.8) is 0 Å². The number of nitrogens with one attached hydrogen (secondary N) is 2. The molecule has 1 fully saturated rings. The molecule has 1 saturated heterocycles. The molecule has 4 N–H and O–H groups in total. The predicted molar refractivity (Wildman–Crippen MR) is 110 cm³/mol. The third kappa shape index (κ3) is 7.12. The Morgan fingerprint density at radius 1 is 1.30 bits per heavy atom. The SMILES string of the molecule is CCNC(=NCc1cccc(S(N)(=O)=O)c1)NCCN1CCCCC1CC. The third-order valence-electron chi connectivity index (χ3n) is 4.90. The zero-order valence-electron chi connectivity index (χ0n) is 16.4. The number of likely N-dealkylation sites (tertiary alicyclic amines) is 1. The van der Waals surface area contributed by atoms with Crippen LogP contribution in [0.4, 0.5) is 0 Å². The normalized spacial score (nSPS) is 19.1. The number of hydrogen-bond donors (Lipinski definition) is 3. The molecule has 0 aromatic heterocycles. The Kier molecular flexibility index (Phi) is 8.53. The second-order valence-electron chi connectivity index (χ2n) is 6.91. The topological polar surface area (TPSA) is 99.8 Å². The molecule has 152 valence electrons. The third-order valence-corrected chi connectivity index (χ3v) is 5.81. The lowest BCUT2D eigenvalue weighted by atomic mass is 10.0. The van der Waals surface area contributed by atoms with E-state index in [1.165, 1.54) is 38.3 Å². The van der Waals surface area contributed by atoms with Crippen LogP contribution in [0.25, 0.3) is 0 Å². The molecule has 1 aromatic carbocycles. The number of rotatable bonds is 8. The number of piperidine rings is 1. The Morgan fingerprint density at radius 2 is 2.11 bits per heavy atom. The summed E-state index contributed by atoms with van der Waals surface area (Å²) in [4.78, 5) is 7.25. The van der Waals surface area contributed by atoms with Crippen molar-refractivity contribution in [3.05, 3.63) is 29.8 Å². The minimum atomic E-state index is -3.69. The molecule has 0 saturated carbocycles. The molecule has 8 heteroatoms. The molecule has 1 atom stereocenters. The minimum Gasteiger partial charge on any atom is -0.357 e.